The van der Waals surface area contributed by atoms with Crippen molar-refractivity contribution in [2.24, 2.45) is 0 Å². The first kappa shape index (κ1) is 19.2. The van der Waals surface area contributed by atoms with Gasteiger partial charge >= 0.3 is 0 Å². The van der Waals surface area contributed by atoms with Crippen LogP contribution in [0.25, 0.3) is 0 Å². The highest BCUT2D eigenvalue weighted by molar-refractivity contribution is 5.76. The van der Waals surface area contributed by atoms with Crippen LogP contribution in [0.4, 0.5) is 5.69 Å². The predicted molar refractivity (Wildman–Crippen MR) is 108 cm³/mol. The molecule has 1 heterocycles. The lowest BCUT2D eigenvalue weighted by atomic mass is 10.2. The number of carbonyl (C=O) groups is 1. The van der Waals surface area contributed by atoms with E-state index in [0.717, 1.165) is 45.4 Å². The number of aldehydes is 1. The number of hydrogen-bond acceptors (Lipinski definition) is 5. The quantitative estimate of drug-likeness (QED) is 0.501. The largest absolute Gasteiger partial charge is 0.490 e. The lowest BCUT2D eigenvalue weighted by molar-refractivity contribution is 0.112. The van der Waals surface area contributed by atoms with Gasteiger partial charge in [-0.05, 0) is 43.7 Å². The van der Waals surface area contributed by atoms with Crippen LogP contribution in [0.15, 0.2) is 48.5 Å². The van der Waals surface area contributed by atoms with Gasteiger partial charge in [-0.15, -0.1) is 0 Å². The summed E-state index contributed by atoms with van der Waals surface area (Å²) >= 11 is 0. The smallest absolute Gasteiger partial charge is 0.161 e. The van der Waals surface area contributed by atoms with Crippen molar-refractivity contribution in [3.05, 3.63) is 54.1 Å². The van der Waals surface area contributed by atoms with Crippen molar-refractivity contribution in [3.63, 3.8) is 0 Å². The van der Waals surface area contributed by atoms with E-state index in [-0.39, 0.29) is 0 Å². The average Bonchev–Trinajstić information content (AvgIpc) is 2.73. The predicted octanol–water partition coefficient (Wildman–Crippen LogP) is 3.49. The summed E-state index contributed by atoms with van der Waals surface area (Å²) in [6.45, 7) is 8.41. The second kappa shape index (κ2) is 9.97. The zero-order valence-electron chi connectivity index (χ0n) is 16.0. The van der Waals surface area contributed by atoms with Gasteiger partial charge in [-0.25, -0.2) is 0 Å². The SMILES string of the molecule is CCOc1cc(C=O)ccc1OCCCN1CCN(c2ccccc2)CC1. The van der Waals surface area contributed by atoms with Crippen molar-refractivity contribution in [2.45, 2.75) is 13.3 Å². The molecular formula is C22H28N2O3. The van der Waals surface area contributed by atoms with E-state index >= 15 is 0 Å². The molecule has 1 saturated heterocycles. The number of nitrogens with zero attached hydrogens (tertiary/aromatic N) is 2. The Kier molecular flexibility index (Phi) is 7.11. The van der Waals surface area contributed by atoms with Crippen LogP contribution < -0.4 is 14.4 Å². The number of piperazine rings is 1. The molecule has 3 rings (SSSR count). The standard InChI is InChI=1S/C22H28N2O3/c1-2-26-22-17-19(18-25)9-10-21(22)27-16-6-11-23-12-14-24(15-13-23)20-7-4-3-5-8-20/h3-5,7-10,17-18H,2,6,11-16H2,1H3. The summed E-state index contributed by atoms with van der Waals surface area (Å²) in [6, 6.07) is 15.9. The van der Waals surface area contributed by atoms with Gasteiger partial charge in [-0.3, -0.25) is 9.69 Å². The minimum atomic E-state index is 0.546. The minimum Gasteiger partial charge on any atom is -0.490 e. The van der Waals surface area contributed by atoms with Gasteiger partial charge in [0.2, 0.25) is 0 Å². The monoisotopic (exact) mass is 368 g/mol. The van der Waals surface area contributed by atoms with Gasteiger partial charge in [0.1, 0.15) is 6.29 Å². The summed E-state index contributed by atoms with van der Waals surface area (Å²) in [6.07, 6.45) is 1.79. The van der Waals surface area contributed by atoms with Crippen molar-refractivity contribution >= 4 is 12.0 Å². The van der Waals surface area contributed by atoms with Crippen LogP contribution in [0.5, 0.6) is 11.5 Å². The summed E-state index contributed by atoms with van der Waals surface area (Å²) in [5.74, 6) is 1.34. The van der Waals surface area contributed by atoms with E-state index in [0.29, 0.717) is 30.3 Å². The maximum Gasteiger partial charge on any atom is 0.161 e. The van der Waals surface area contributed by atoms with E-state index in [9.17, 15) is 4.79 Å². The first-order valence-electron chi connectivity index (χ1n) is 9.67. The van der Waals surface area contributed by atoms with Crippen molar-refractivity contribution in [2.75, 3.05) is 50.8 Å². The van der Waals surface area contributed by atoms with Gasteiger partial charge in [-0.1, -0.05) is 18.2 Å². The highest BCUT2D eigenvalue weighted by Crippen LogP contribution is 2.28. The Hall–Kier alpha value is -2.53. The molecule has 0 amide bonds. The zero-order valence-corrected chi connectivity index (χ0v) is 16.0. The topological polar surface area (TPSA) is 42.0 Å². The second-order valence-corrected chi connectivity index (χ2v) is 6.62. The van der Waals surface area contributed by atoms with E-state index in [1.807, 2.05) is 13.0 Å². The Bertz CT molecular complexity index is 713. The molecule has 0 bridgehead atoms. The molecule has 0 saturated carbocycles. The normalized spacial score (nSPS) is 14.8. The molecule has 0 aromatic heterocycles. The molecule has 27 heavy (non-hydrogen) atoms. The maximum atomic E-state index is 10.9. The third-order valence-corrected chi connectivity index (χ3v) is 4.77. The highest BCUT2D eigenvalue weighted by Gasteiger charge is 2.16. The van der Waals surface area contributed by atoms with Gasteiger partial charge in [0.05, 0.1) is 13.2 Å². The molecular weight excluding hydrogens is 340 g/mol. The fourth-order valence-corrected chi connectivity index (χ4v) is 3.32. The number of ether oxygens (including phenoxy) is 2. The molecule has 2 aromatic carbocycles. The number of hydrogen-bond donors (Lipinski definition) is 0. The molecule has 144 valence electrons. The summed E-state index contributed by atoms with van der Waals surface area (Å²) in [4.78, 5) is 15.8. The molecule has 0 aliphatic carbocycles. The molecule has 0 N–H and O–H groups in total. The third kappa shape index (κ3) is 5.47. The van der Waals surface area contributed by atoms with Crippen LogP contribution >= 0.6 is 0 Å². The van der Waals surface area contributed by atoms with Crippen LogP contribution in [0.1, 0.15) is 23.7 Å². The fourth-order valence-electron chi connectivity index (χ4n) is 3.32. The van der Waals surface area contributed by atoms with Crippen molar-refractivity contribution in [1.29, 1.82) is 0 Å². The molecule has 1 aliphatic heterocycles. The minimum absolute atomic E-state index is 0.546. The number of para-hydroxylation sites is 1. The number of anilines is 1. The van der Waals surface area contributed by atoms with E-state index in [4.69, 9.17) is 9.47 Å². The molecule has 2 aromatic rings. The van der Waals surface area contributed by atoms with Gasteiger partial charge in [0.15, 0.2) is 11.5 Å². The Morgan fingerprint density at radius 3 is 2.44 bits per heavy atom. The average molecular weight is 368 g/mol. The summed E-state index contributed by atoms with van der Waals surface area (Å²) in [7, 11) is 0. The Balaban J connectivity index is 1.40. The second-order valence-electron chi connectivity index (χ2n) is 6.62. The van der Waals surface area contributed by atoms with E-state index in [2.05, 4.69) is 40.1 Å². The first-order chi connectivity index (χ1) is 13.3. The van der Waals surface area contributed by atoms with Crippen molar-refractivity contribution < 1.29 is 14.3 Å². The van der Waals surface area contributed by atoms with Crippen LogP contribution in [0.3, 0.4) is 0 Å². The van der Waals surface area contributed by atoms with Gasteiger partial charge in [0.25, 0.3) is 0 Å². The van der Waals surface area contributed by atoms with Gasteiger partial charge in [-0.2, -0.15) is 0 Å². The van der Waals surface area contributed by atoms with Crippen LogP contribution in [0.2, 0.25) is 0 Å². The van der Waals surface area contributed by atoms with E-state index in [1.165, 1.54) is 5.69 Å². The number of benzene rings is 2. The van der Waals surface area contributed by atoms with E-state index < -0.39 is 0 Å². The summed E-state index contributed by atoms with van der Waals surface area (Å²) in [5, 5.41) is 0. The molecule has 1 fully saturated rings. The Morgan fingerprint density at radius 2 is 1.74 bits per heavy atom. The lowest BCUT2D eigenvalue weighted by Gasteiger charge is -2.36. The Labute approximate surface area is 161 Å². The van der Waals surface area contributed by atoms with Crippen LogP contribution in [0, 0.1) is 0 Å². The molecule has 5 nitrogen and oxygen atoms in total. The zero-order chi connectivity index (χ0) is 18.9. The fraction of sp³-hybridized carbons (Fsp3) is 0.409. The molecule has 1 aliphatic rings. The molecule has 5 heteroatoms. The van der Waals surface area contributed by atoms with Crippen LogP contribution in [-0.2, 0) is 0 Å². The van der Waals surface area contributed by atoms with Gasteiger partial charge < -0.3 is 14.4 Å². The van der Waals surface area contributed by atoms with Crippen molar-refractivity contribution in [1.82, 2.24) is 4.90 Å². The first-order valence-corrected chi connectivity index (χ1v) is 9.67. The molecule has 0 atom stereocenters. The number of carbonyl (C=O) groups excluding carboxylic acids is 1. The summed E-state index contributed by atoms with van der Waals surface area (Å²) in [5.41, 5.74) is 1.91. The van der Waals surface area contributed by atoms with E-state index in [1.54, 1.807) is 12.1 Å². The summed E-state index contributed by atoms with van der Waals surface area (Å²) < 4.78 is 11.5. The Morgan fingerprint density at radius 1 is 0.963 bits per heavy atom. The van der Waals surface area contributed by atoms with Crippen molar-refractivity contribution in [3.8, 4) is 11.5 Å². The molecule has 0 spiro atoms. The third-order valence-electron chi connectivity index (χ3n) is 4.77. The lowest BCUT2D eigenvalue weighted by Crippen LogP contribution is -2.46. The maximum absolute atomic E-state index is 10.9. The van der Waals surface area contributed by atoms with Crippen LogP contribution in [-0.4, -0.2) is 57.1 Å². The van der Waals surface area contributed by atoms with Gasteiger partial charge in [0, 0.05) is 44.0 Å². The molecule has 0 unspecified atom stereocenters. The highest BCUT2D eigenvalue weighted by atomic mass is 16.5. The number of rotatable bonds is 9. The molecule has 0 radical (unpaired) electrons.